The number of esters is 1. The molecule has 0 spiro atoms. The third-order valence-electron chi connectivity index (χ3n) is 3.82. The van der Waals surface area contributed by atoms with Crippen LogP contribution in [0.3, 0.4) is 0 Å². The summed E-state index contributed by atoms with van der Waals surface area (Å²) in [6.45, 7) is 4.09. The molecule has 8 heteroatoms. The number of methoxy groups -OCH3 is 1. The largest absolute Gasteiger partial charge is 0.469 e. The zero-order valence-corrected chi connectivity index (χ0v) is 14.9. The molecule has 7 nitrogen and oxygen atoms in total. The Morgan fingerprint density at radius 3 is 2.67 bits per heavy atom. The van der Waals surface area contributed by atoms with Crippen molar-refractivity contribution in [3.05, 3.63) is 26.6 Å². The lowest BCUT2D eigenvalue weighted by Gasteiger charge is -2.11. The quantitative estimate of drug-likeness (QED) is 0.766. The first-order valence-electron chi connectivity index (χ1n) is 7.80. The first-order valence-corrected chi connectivity index (χ1v) is 8.61. The number of aryl methyl sites for hydroxylation is 2. The van der Waals surface area contributed by atoms with Crippen LogP contribution in [0.2, 0.25) is 0 Å². The summed E-state index contributed by atoms with van der Waals surface area (Å²) < 4.78 is 6.22. The molecule has 0 bridgehead atoms. The van der Waals surface area contributed by atoms with Gasteiger partial charge in [-0.05, 0) is 25.3 Å². The van der Waals surface area contributed by atoms with Crippen LogP contribution in [0.25, 0.3) is 10.2 Å². The molecule has 2 aromatic heterocycles. The molecule has 130 valence electrons. The van der Waals surface area contributed by atoms with Gasteiger partial charge in [0.05, 0.1) is 17.4 Å². The monoisotopic (exact) mass is 351 g/mol. The second-order valence-corrected chi connectivity index (χ2v) is 6.51. The molecule has 2 rings (SSSR count). The fraction of sp³-hybridized carbons (Fsp3) is 0.500. The van der Waals surface area contributed by atoms with Crippen molar-refractivity contribution in [3.63, 3.8) is 0 Å². The fourth-order valence-corrected chi connectivity index (χ4v) is 3.66. The van der Waals surface area contributed by atoms with Gasteiger partial charge in [0.2, 0.25) is 0 Å². The molecule has 24 heavy (non-hydrogen) atoms. The Kier molecular flexibility index (Phi) is 5.71. The maximum atomic E-state index is 12.9. The van der Waals surface area contributed by atoms with Crippen LogP contribution in [0.4, 0.5) is 0 Å². The zero-order valence-electron chi connectivity index (χ0n) is 14.0. The van der Waals surface area contributed by atoms with E-state index in [1.54, 1.807) is 11.5 Å². The number of thiophene rings is 1. The van der Waals surface area contributed by atoms with Gasteiger partial charge >= 0.3 is 5.97 Å². The molecule has 0 aliphatic carbocycles. The number of ether oxygens (including phenoxy) is 1. The number of amides is 1. The van der Waals surface area contributed by atoms with E-state index in [-0.39, 0.29) is 17.9 Å². The summed E-state index contributed by atoms with van der Waals surface area (Å²) in [7, 11) is 1.34. The molecular weight excluding hydrogens is 330 g/mol. The molecule has 0 saturated carbocycles. The molecule has 2 heterocycles. The summed E-state index contributed by atoms with van der Waals surface area (Å²) in [6.07, 6.45) is 2.21. The van der Waals surface area contributed by atoms with E-state index >= 15 is 0 Å². The van der Waals surface area contributed by atoms with Crippen molar-refractivity contribution in [2.75, 3.05) is 7.11 Å². The summed E-state index contributed by atoms with van der Waals surface area (Å²) in [5.74, 6) is -0.196. The van der Waals surface area contributed by atoms with Crippen molar-refractivity contribution in [2.45, 2.75) is 46.1 Å². The standard InChI is InChI=1S/C16H21N3O4S/c1-4-6-10-18-15-12(9(2)13(24-15)14(17)21)16(22)19(10)8-5-7-11(20)23-3/h4-8H2,1-3H3,(H2,17,21). The number of nitrogens with two attached hydrogens (primary N) is 1. The number of hydrogen-bond donors (Lipinski definition) is 1. The highest BCUT2D eigenvalue weighted by atomic mass is 32.1. The average Bonchev–Trinajstić information content (AvgIpc) is 2.87. The lowest BCUT2D eigenvalue weighted by molar-refractivity contribution is -0.140. The molecule has 2 aromatic rings. The molecule has 0 radical (unpaired) electrons. The van der Waals surface area contributed by atoms with Gasteiger partial charge in [0.15, 0.2) is 0 Å². The maximum absolute atomic E-state index is 12.9. The number of carbonyl (C=O) groups is 2. The Morgan fingerprint density at radius 1 is 1.38 bits per heavy atom. The first kappa shape index (κ1) is 18.1. The van der Waals surface area contributed by atoms with E-state index in [1.165, 1.54) is 7.11 Å². The predicted octanol–water partition coefficient (Wildman–Crippen LogP) is 1.77. The van der Waals surface area contributed by atoms with Gasteiger partial charge < -0.3 is 10.5 Å². The molecule has 0 aliphatic heterocycles. The lowest BCUT2D eigenvalue weighted by atomic mass is 10.2. The normalized spacial score (nSPS) is 11.0. The van der Waals surface area contributed by atoms with E-state index < -0.39 is 5.91 Å². The number of primary amides is 1. The van der Waals surface area contributed by atoms with E-state index in [2.05, 4.69) is 9.72 Å². The van der Waals surface area contributed by atoms with Crippen molar-refractivity contribution in [2.24, 2.45) is 5.73 Å². The third-order valence-corrected chi connectivity index (χ3v) is 5.02. The Morgan fingerprint density at radius 2 is 2.08 bits per heavy atom. The Balaban J connectivity index is 2.51. The summed E-state index contributed by atoms with van der Waals surface area (Å²) in [6, 6.07) is 0. The summed E-state index contributed by atoms with van der Waals surface area (Å²) in [5, 5.41) is 0.437. The van der Waals surface area contributed by atoms with Crippen molar-refractivity contribution >= 4 is 33.4 Å². The van der Waals surface area contributed by atoms with E-state index in [0.29, 0.717) is 45.9 Å². The molecular formula is C16H21N3O4S. The van der Waals surface area contributed by atoms with Crippen LogP contribution in [0.15, 0.2) is 4.79 Å². The molecule has 0 fully saturated rings. The first-order chi connectivity index (χ1) is 11.4. The van der Waals surface area contributed by atoms with E-state index in [1.807, 2.05) is 6.92 Å². The van der Waals surface area contributed by atoms with Crippen molar-refractivity contribution in [1.29, 1.82) is 0 Å². The molecule has 1 amide bonds. The van der Waals surface area contributed by atoms with E-state index in [4.69, 9.17) is 5.73 Å². The molecule has 0 saturated heterocycles. The molecule has 2 N–H and O–H groups in total. The average molecular weight is 351 g/mol. The number of carbonyl (C=O) groups excluding carboxylic acids is 2. The summed E-state index contributed by atoms with van der Waals surface area (Å²) in [4.78, 5) is 41.1. The molecule has 0 unspecified atom stereocenters. The van der Waals surface area contributed by atoms with Crippen LogP contribution in [0.5, 0.6) is 0 Å². The van der Waals surface area contributed by atoms with Gasteiger partial charge in [-0.2, -0.15) is 0 Å². The van der Waals surface area contributed by atoms with Crippen LogP contribution in [-0.4, -0.2) is 28.5 Å². The second kappa shape index (κ2) is 7.57. The third kappa shape index (κ3) is 3.48. The molecule has 0 aliphatic rings. The highest BCUT2D eigenvalue weighted by Crippen LogP contribution is 2.27. The molecule has 0 atom stereocenters. The van der Waals surface area contributed by atoms with Gasteiger partial charge in [0.1, 0.15) is 10.7 Å². The van der Waals surface area contributed by atoms with Crippen LogP contribution >= 0.6 is 11.3 Å². The Hall–Kier alpha value is -2.22. The van der Waals surface area contributed by atoms with Gasteiger partial charge in [0, 0.05) is 19.4 Å². The maximum Gasteiger partial charge on any atom is 0.305 e. The number of rotatable bonds is 7. The lowest BCUT2D eigenvalue weighted by Crippen LogP contribution is -2.26. The van der Waals surface area contributed by atoms with E-state index in [0.717, 1.165) is 17.8 Å². The van der Waals surface area contributed by atoms with Gasteiger partial charge in [-0.25, -0.2) is 4.98 Å². The minimum absolute atomic E-state index is 0.186. The zero-order chi connectivity index (χ0) is 17.9. The summed E-state index contributed by atoms with van der Waals surface area (Å²) in [5.41, 5.74) is 5.76. The van der Waals surface area contributed by atoms with Crippen molar-refractivity contribution in [1.82, 2.24) is 9.55 Å². The minimum atomic E-state index is -0.552. The van der Waals surface area contributed by atoms with Gasteiger partial charge in [-0.3, -0.25) is 19.0 Å². The summed E-state index contributed by atoms with van der Waals surface area (Å²) >= 11 is 1.15. The number of fused-ring (bicyclic) bond motifs is 1. The molecule has 0 aromatic carbocycles. The van der Waals surface area contributed by atoms with E-state index in [9.17, 15) is 14.4 Å². The van der Waals surface area contributed by atoms with Crippen LogP contribution in [0, 0.1) is 6.92 Å². The SMILES string of the molecule is CCCc1nc2sc(C(N)=O)c(C)c2c(=O)n1CCCC(=O)OC. The number of hydrogen-bond acceptors (Lipinski definition) is 6. The highest BCUT2D eigenvalue weighted by Gasteiger charge is 2.20. The smallest absolute Gasteiger partial charge is 0.305 e. The van der Waals surface area contributed by atoms with Crippen LogP contribution < -0.4 is 11.3 Å². The fourth-order valence-electron chi connectivity index (χ4n) is 2.62. The minimum Gasteiger partial charge on any atom is -0.469 e. The number of nitrogens with zero attached hydrogens (tertiary/aromatic N) is 2. The highest BCUT2D eigenvalue weighted by molar-refractivity contribution is 7.20. The van der Waals surface area contributed by atoms with Crippen LogP contribution in [0.1, 0.15) is 47.2 Å². The van der Waals surface area contributed by atoms with Crippen molar-refractivity contribution < 1.29 is 14.3 Å². The van der Waals surface area contributed by atoms with Gasteiger partial charge in [-0.1, -0.05) is 6.92 Å². The Labute approximate surface area is 143 Å². The topological polar surface area (TPSA) is 104 Å². The second-order valence-electron chi connectivity index (χ2n) is 5.52. The van der Waals surface area contributed by atoms with Crippen molar-refractivity contribution in [3.8, 4) is 0 Å². The van der Waals surface area contributed by atoms with Gasteiger partial charge in [-0.15, -0.1) is 11.3 Å². The van der Waals surface area contributed by atoms with Gasteiger partial charge in [0.25, 0.3) is 11.5 Å². The number of aromatic nitrogens is 2. The predicted molar refractivity (Wildman–Crippen MR) is 92.4 cm³/mol. The Bertz CT molecular complexity index is 838. The van der Waals surface area contributed by atoms with Crippen LogP contribution in [-0.2, 0) is 22.5 Å².